The largest absolute Gasteiger partial charge is 0.385 e. The van der Waals surface area contributed by atoms with E-state index in [0.29, 0.717) is 13.0 Å². The smallest absolute Gasteiger partial charge is 0.239 e. The Morgan fingerprint density at radius 3 is 2.90 bits per heavy atom. The second-order valence-electron chi connectivity index (χ2n) is 5.34. The highest BCUT2D eigenvalue weighted by Gasteiger charge is 2.32. The molecule has 0 bridgehead atoms. The number of hydrogen-bond acceptors (Lipinski definition) is 3. The zero-order valence-corrected chi connectivity index (χ0v) is 12.1. The molecule has 2 unspecified atom stereocenters. The van der Waals surface area contributed by atoms with Crippen molar-refractivity contribution in [3.05, 3.63) is 35.9 Å². The van der Waals surface area contributed by atoms with Crippen molar-refractivity contribution in [3.63, 3.8) is 0 Å². The number of hydrogen-bond donors (Lipinski definition) is 1. The number of likely N-dealkylation sites (tertiary alicyclic amines) is 1. The first-order chi connectivity index (χ1) is 9.74. The fraction of sp³-hybridized carbons (Fsp3) is 0.562. The van der Waals surface area contributed by atoms with Crippen LogP contribution in [-0.2, 0) is 9.53 Å². The Labute approximate surface area is 120 Å². The average molecular weight is 276 g/mol. The molecule has 1 aliphatic rings. The lowest BCUT2D eigenvalue weighted by Crippen LogP contribution is -2.43. The lowest BCUT2D eigenvalue weighted by molar-refractivity contribution is -0.133. The van der Waals surface area contributed by atoms with E-state index < -0.39 is 6.04 Å². The first-order valence-electron chi connectivity index (χ1n) is 7.34. The minimum Gasteiger partial charge on any atom is -0.385 e. The summed E-state index contributed by atoms with van der Waals surface area (Å²) in [6.07, 6.45) is 3.59. The first-order valence-corrected chi connectivity index (χ1v) is 7.34. The normalized spacial score (nSPS) is 20.1. The van der Waals surface area contributed by atoms with Crippen LogP contribution in [0.1, 0.15) is 37.3 Å². The fourth-order valence-electron chi connectivity index (χ4n) is 2.84. The molecule has 2 N–H and O–H groups in total. The predicted molar refractivity (Wildman–Crippen MR) is 79.2 cm³/mol. The van der Waals surface area contributed by atoms with E-state index in [2.05, 4.69) is 12.1 Å². The molecular formula is C16H24N2O2. The second-order valence-corrected chi connectivity index (χ2v) is 5.34. The lowest BCUT2D eigenvalue weighted by Gasteiger charge is -2.27. The fourth-order valence-corrected chi connectivity index (χ4v) is 2.84. The maximum Gasteiger partial charge on any atom is 0.239 e. The van der Waals surface area contributed by atoms with Crippen molar-refractivity contribution in [2.45, 2.75) is 37.8 Å². The van der Waals surface area contributed by atoms with Gasteiger partial charge in [-0.1, -0.05) is 30.3 Å². The Balaban J connectivity index is 1.98. The Hall–Kier alpha value is -1.39. The summed E-state index contributed by atoms with van der Waals surface area (Å²) in [6.45, 7) is 1.47. The summed E-state index contributed by atoms with van der Waals surface area (Å²) in [4.78, 5) is 14.4. The van der Waals surface area contributed by atoms with Crippen LogP contribution in [0.25, 0.3) is 0 Å². The zero-order chi connectivity index (χ0) is 14.4. The number of ether oxygens (including phenoxy) is 1. The first kappa shape index (κ1) is 15.0. The minimum absolute atomic E-state index is 0.0763. The third-order valence-corrected chi connectivity index (χ3v) is 3.90. The Morgan fingerprint density at radius 1 is 1.45 bits per heavy atom. The topological polar surface area (TPSA) is 55.6 Å². The molecule has 1 saturated heterocycles. The number of carbonyl (C=O) groups is 1. The summed E-state index contributed by atoms with van der Waals surface area (Å²) in [5.41, 5.74) is 7.24. The summed E-state index contributed by atoms with van der Waals surface area (Å²) in [7, 11) is 1.67. The van der Waals surface area contributed by atoms with E-state index in [-0.39, 0.29) is 11.9 Å². The maximum absolute atomic E-state index is 12.5. The molecule has 4 nitrogen and oxygen atoms in total. The molecule has 1 aliphatic heterocycles. The summed E-state index contributed by atoms with van der Waals surface area (Å²) >= 11 is 0. The standard InChI is InChI=1S/C16H24N2O2/c1-20-12-6-9-14(17)16(19)18-11-5-10-15(18)13-7-3-2-4-8-13/h2-4,7-8,14-15H,5-6,9-12,17H2,1H3. The molecule has 4 heteroatoms. The van der Waals surface area contributed by atoms with Crippen LogP contribution in [0.3, 0.4) is 0 Å². The molecule has 0 spiro atoms. The van der Waals surface area contributed by atoms with Gasteiger partial charge in [-0.2, -0.15) is 0 Å². The summed E-state index contributed by atoms with van der Waals surface area (Å²) in [6, 6.07) is 10.0. The molecule has 2 atom stereocenters. The summed E-state index contributed by atoms with van der Waals surface area (Å²) < 4.78 is 5.01. The van der Waals surface area contributed by atoms with Crippen molar-refractivity contribution < 1.29 is 9.53 Å². The highest BCUT2D eigenvalue weighted by Crippen LogP contribution is 2.32. The van der Waals surface area contributed by atoms with Crippen molar-refractivity contribution in [2.75, 3.05) is 20.3 Å². The molecule has 110 valence electrons. The van der Waals surface area contributed by atoms with Crippen LogP contribution >= 0.6 is 0 Å². The van der Waals surface area contributed by atoms with Crippen LogP contribution in [0.4, 0.5) is 0 Å². The molecule has 1 heterocycles. The summed E-state index contributed by atoms with van der Waals surface area (Å²) in [5.74, 6) is 0.0763. The number of rotatable bonds is 6. The van der Waals surface area contributed by atoms with Crippen molar-refractivity contribution in [2.24, 2.45) is 5.73 Å². The number of carbonyl (C=O) groups excluding carboxylic acids is 1. The van der Waals surface area contributed by atoms with Crippen molar-refractivity contribution >= 4 is 5.91 Å². The van der Waals surface area contributed by atoms with Gasteiger partial charge in [-0.3, -0.25) is 4.79 Å². The van der Waals surface area contributed by atoms with Gasteiger partial charge in [0.1, 0.15) is 0 Å². The number of benzene rings is 1. The van der Waals surface area contributed by atoms with E-state index in [0.717, 1.165) is 25.8 Å². The SMILES string of the molecule is COCCCC(N)C(=O)N1CCCC1c1ccccc1. The van der Waals surface area contributed by atoms with Gasteiger partial charge in [-0.15, -0.1) is 0 Å². The van der Waals surface area contributed by atoms with Gasteiger partial charge in [0.2, 0.25) is 5.91 Å². The van der Waals surface area contributed by atoms with Crippen LogP contribution in [0.2, 0.25) is 0 Å². The Bertz CT molecular complexity index is 422. The van der Waals surface area contributed by atoms with Crippen LogP contribution in [0, 0.1) is 0 Å². The van der Waals surface area contributed by atoms with Crippen molar-refractivity contribution in [3.8, 4) is 0 Å². The number of amides is 1. The van der Waals surface area contributed by atoms with E-state index in [9.17, 15) is 4.79 Å². The van der Waals surface area contributed by atoms with Crippen LogP contribution < -0.4 is 5.73 Å². The molecule has 1 fully saturated rings. The molecule has 20 heavy (non-hydrogen) atoms. The van der Waals surface area contributed by atoms with Gasteiger partial charge < -0.3 is 15.4 Å². The average Bonchev–Trinajstić information content (AvgIpc) is 2.97. The maximum atomic E-state index is 12.5. The molecule has 1 aromatic carbocycles. The van der Waals surface area contributed by atoms with E-state index in [1.165, 1.54) is 5.56 Å². The third-order valence-electron chi connectivity index (χ3n) is 3.90. The third kappa shape index (κ3) is 3.58. The highest BCUT2D eigenvalue weighted by atomic mass is 16.5. The molecule has 1 amide bonds. The van der Waals surface area contributed by atoms with Gasteiger partial charge in [-0.25, -0.2) is 0 Å². The Morgan fingerprint density at radius 2 is 2.20 bits per heavy atom. The van der Waals surface area contributed by atoms with E-state index in [1.807, 2.05) is 23.1 Å². The van der Waals surface area contributed by atoms with Gasteiger partial charge >= 0.3 is 0 Å². The number of methoxy groups -OCH3 is 1. The van der Waals surface area contributed by atoms with E-state index in [1.54, 1.807) is 7.11 Å². The van der Waals surface area contributed by atoms with Crippen molar-refractivity contribution in [1.29, 1.82) is 0 Å². The van der Waals surface area contributed by atoms with Crippen LogP contribution in [0.15, 0.2) is 30.3 Å². The van der Waals surface area contributed by atoms with Gasteiger partial charge in [0.05, 0.1) is 12.1 Å². The lowest BCUT2D eigenvalue weighted by atomic mass is 10.0. The second kappa shape index (κ2) is 7.41. The molecule has 2 rings (SSSR count). The molecule has 0 saturated carbocycles. The van der Waals surface area contributed by atoms with Gasteiger partial charge in [0.15, 0.2) is 0 Å². The predicted octanol–water partition coefficient (Wildman–Crippen LogP) is 2.10. The molecule has 1 aromatic rings. The highest BCUT2D eigenvalue weighted by molar-refractivity contribution is 5.82. The number of nitrogens with two attached hydrogens (primary N) is 1. The van der Waals surface area contributed by atoms with Gasteiger partial charge in [-0.05, 0) is 31.2 Å². The van der Waals surface area contributed by atoms with Gasteiger partial charge in [0.25, 0.3) is 0 Å². The monoisotopic (exact) mass is 276 g/mol. The van der Waals surface area contributed by atoms with Gasteiger partial charge in [0, 0.05) is 20.3 Å². The molecule has 0 aliphatic carbocycles. The minimum atomic E-state index is -0.408. The van der Waals surface area contributed by atoms with E-state index in [4.69, 9.17) is 10.5 Å². The molecule has 0 radical (unpaired) electrons. The molecule has 0 aromatic heterocycles. The van der Waals surface area contributed by atoms with Crippen LogP contribution in [0.5, 0.6) is 0 Å². The van der Waals surface area contributed by atoms with E-state index >= 15 is 0 Å². The Kier molecular flexibility index (Phi) is 5.56. The molecular weight excluding hydrogens is 252 g/mol. The summed E-state index contributed by atoms with van der Waals surface area (Å²) in [5, 5.41) is 0. The quantitative estimate of drug-likeness (QED) is 0.810. The van der Waals surface area contributed by atoms with Crippen molar-refractivity contribution in [1.82, 2.24) is 4.90 Å². The zero-order valence-electron chi connectivity index (χ0n) is 12.1. The van der Waals surface area contributed by atoms with Crippen LogP contribution in [-0.4, -0.2) is 37.1 Å². The number of nitrogens with zero attached hydrogens (tertiary/aromatic N) is 1.